The number of rotatable bonds is 3. The van der Waals surface area contributed by atoms with Gasteiger partial charge in [0.1, 0.15) is 5.82 Å². The largest absolute Gasteiger partial charge is 0.368 e. The van der Waals surface area contributed by atoms with Gasteiger partial charge in [0.2, 0.25) is 5.95 Å². The fourth-order valence-electron chi connectivity index (χ4n) is 3.45. The molecule has 1 aliphatic heterocycles. The van der Waals surface area contributed by atoms with Crippen LogP contribution in [0.2, 0.25) is 0 Å². The van der Waals surface area contributed by atoms with Gasteiger partial charge in [0, 0.05) is 38.2 Å². The van der Waals surface area contributed by atoms with E-state index >= 15 is 0 Å². The number of likely N-dealkylation sites (N-methyl/N-ethyl adjacent to an activating group) is 1. The second kappa shape index (κ2) is 5.81. The van der Waals surface area contributed by atoms with Crippen LogP contribution in [0.1, 0.15) is 29.5 Å². The molecule has 2 aliphatic rings. The lowest BCUT2D eigenvalue weighted by Crippen LogP contribution is -2.44. The molecule has 1 aromatic carbocycles. The molecule has 2 unspecified atom stereocenters. The van der Waals surface area contributed by atoms with Gasteiger partial charge in [-0.25, -0.2) is 4.98 Å². The standard InChI is InChI=1S/C18H23N5/c1-22-7-9-23(10-8-22)17-12-16(20-18(19)21-17)15-11-14(15)13-5-3-2-4-6-13/h2-6,12,14-15H,7-11H2,1H3,(H2,19,20,21). The van der Waals surface area contributed by atoms with Crippen LogP contribution in [0.15, 0.2) is 36.4 Å². The van der Waals surface area contributed by atoms with Crippen LogP contribution >= 0.6 is 0 Å². The van der Waals surface area contributed by atoms with Gasteiger partial charge in [-0.2, -0.15) is 4.98 Å². The first kappa shape index (κ1) is 14.5. The Bertz CT molecular complexity index is 679. The highest BCUT2D eigenvalue weighted by atomic mass is 15.3. The van der Waals surface area contributed by atoms with Crippen LogP contribution in [-0.2, 0) is 0 Å². The molecule has 0 spiro atoms. The third kappa shape index (κ3) is 3.01. The first-order valence-electron chi connectivity index (χ1n) is 8.33. The van der Waals surface area contributed by atoms with E-state index in [1.54, 1.807) is 0 Å². The molecule has 1 saturated heterocycles. The average Bonchev–Trinajstić information content (AvgIpc) is 3.36. The fraction of sp³-hybridized carbons (Fsp3) is 0.444. The number of hydrogen-bond acceptors (Lipinski definition) is 5. The minimum Gasteiger partial charge on any atom is -0.368 e. The number of nitrogens with zero attached hydrogens (tertiary/aromatic N) is 4. The van der Waals surface area contributed by atoms with Gasteiger partial charge in [0.25, 0.3) is 0 Å². The smallest absolute Gasteiger partial charge is 0.222 e. The second-order valence-electron chi connectivity index (χ2n) is 6.66. The van der Waals surface area contributed by atoms with E-state index < -0.39 is 0 Å². The van der Waals surface area contributed by atoms with Crippen LogP contribution in [0.25, 0.3) is 0 Å². The molecule has 2 N–H and O–H groups in total. The van der Waals surface area contributed by atoms with Crippen molar-refractivity contribution < 1.29 is 0 Å². The molecule has 23 heavy (non-hydrogen) atoms. The van der Waals surface area contributed by atoms with Gasteiger partial charge in [0.15, 0.2) is 0 Å². The summed E-state index contributed by atoms with van der Waals surface area (Å²) in [4.78, 5) is 13.6. The predicted molar refractivity (Wildman–Crippen MR) is 92.7 cm³/mol. The first-order chi connectivity index (χ1) is 11.2. The molecule has 2 aromatic rings. The molecule has 0 radical (unpaired) electrons. The summed E-state index contributed by atoms with van der Waals surface area (Å²) in [5, 5.41) is 0. The Balaban J connectivity index is 1.54. The van der Waals surface area contributed by atoms with Crippen molar-refractivity contribution >= 4 is 11.8 Å². The van der Waals surface area contributed by atoms with E-state index in [0.29, 0.717) is 17.8 Å². The molecule has 2 fully saturated rings. The third-order valence-corrected chi connectivity index (χ3v) is 4.98. The first-order valence-corrected chi connectivity index (χ1v) is 8.33. The molecular weight excluding hydrogens is 286 g/mol. The Morgan fingerprint density at radius 1 is 1.00 bits per heavy atom. The Morgan fingerprint density at radius 3 is 2.48 bits per heavy atom. The van der Waals surface area contributed by atoms with Crippen LogP contribution in [-0.4, -0.2) is 48.1 Å². The number of hydrogen-bond donors (Lipinski definition) is 1. The summed E-state index contributed by atoms with van der Waals surface area (Å²) < 4.78 is 0. The van der Waals surface area contributed by atoms with E-state index in [1.807, 2.05) is 0 Å². The van der Waals surface area contributed by atoms with E-state index in [1.165, 1.54) is 5.56 Å². The number of anilines is 2. The summed E-state index contributed by atoms with van der Waals surface area (Å²) >= 11 is 0. The summed E-state index contributed by atoms with van der Waals surface area (Å²) in [5.41, 5.74) is 8.48. The van der Waals surface area contributed by atoms with E-state index in [-0.39, 0.29) is 0 Å². The van der Waals surface area contributed by atoms with Crippen LogP contribution in [0.3, 0.4) is 0 Å². The lowest BCUT2D eigenvalue weighted by molar-refractivity contribution is 0.312. The van der Waals surface area contributed by atoms with Crippen molar-refractivity contribution in [2.75, 3.05) is 43.9 Å². The minimum atomic E-state index is 0.398. The lowest BCUT2D eigenvalue weighted by Gasteiger charge is -2.33. The number of nitrogen functional groups attached to an aromatic ring is 1. The Labute approximate surface area is 137 Å². The van der Waals surface area contributed by atoms with E-state index in [9.17, 15) is 0 Å². The maximum atomic E-state index is 5.98. The third-order valence-electron chi connectivity index (χ3n) is 4.98. The zero-order valence-electron chi connectivity index (χ0n) is 13.5. The van der Waals surface area contributed by atoms with Gasteiger partial charge >= 0.3 is 0 Å². The zero-order valence-corrected chi connectivity index (χ0v) is 13.5. The molecule has 1 saturated carbocycles. The number of piperazine rings is 1. The molecule has 1 aromatic heterocycles. The van der Waals surface area contributed by atoms with E-state index in [0.717, 1.165) is 44.1 Å². The Morgan fingerprint density at radius 2 is 1.74 bits per heavy atom. The van der Waals surface area contributed by atoms with Gasteiger partial charge < -0.3 is 15.5 Å². The SMILES string of the molecule is CN1CCN(c2cc(C3CC3c3ccccc3)nc(N)n2)CC1. The van der Waals surface area contributed by atoms with Crippen molar-refractivity contribution in [1.29, 1.82) is 0 Å². The molecule has 0 bridgehead atoms. The molecule has 120 valence electrons. The predicted octanol–water partition coefficient (Wildman–Crippen LogP) is 2.08. The zero-order chi connectivity index (χ0) is 15.8. The summed E-state index contributed by atoms with van der Waals surface area (Å²) in [7, 11) is 2.16. The summed E-state index contributed by atoms with van der Waals surface area (Å²) in [5.74, 6) is 2.44. The molecule has 5 heteroatoms. The van der Waals surface area contributed by atoms with Crippen LogP contribution in [0, 0.1) is 0 Å². The number of benzene rings is 1. The van der Waals surface area contributed by atoms with Crippen LogP contribution in [0.5, 0.6) is 0 Å². The fourth-order valence-corrected chi connectivity index (χ4v) is 3.45. The molecule has 1 aliphatic carbocycles. The quantitative estimate of drug-likeness (QED) is 0.941. The molecule has 2 heterocycles. The molecule has 2 atom stereocenters. The van der Waals surface area contributed by atoms with Gasteiger partial charge in [-0.15, -0.1) is 0 Å². The highest BCUT2D eigenvalue weighted by molar-refractivity contribution is 5.47. The number of nitrogens with two attached hydrogens (primary N) is 1. The van der Waals surface area contributed by atoms with Crippen molar-refractivity contribution in [2.24, 2.45) is 0 Å². The topological polar surface area (TPSA) is 58.3 Å². The van der Waals surface area contributed by atoms with Gasteiger partial charge in [-0.3, -0.25) is 0 Å². The van der Waals surface area contributed by atoms with Crippen molar-refractivity contribution in [3.05, 3.63) is 47.7 Å². The Hall–Kier alpha value is -2.14. The van der Waals surface area contributed by atoms with Crippen molar-refractivity contribution in [2.45, 2.75) is 18.3 Å². The number of aromatic nitrogens is 2. The monoisotopic (exact) mass is 309 g/mol. The molecule has 5 nitrogen and oxygen atoms in total. The van der Waals surface area contributed by atoms with Crippen molar-refractivity contribution in [3.63, 3.8) is 0 Å². The molecule has 4 rings (SSSR count). The Kier molecular flexibility index (Phi) is 3.65. The minimum absolute atomic E-state index is 0.398. The maximum Gasteiger partial charge on any atom is 0.222 e. The highest BCUT2D eigenvalue weighted by Crippen LogP contribution is 2.54. The van der Waals surface area contributed by atoms with E-state index in [4.69, 9.17) is 5.73 Å². The van der Waals surface area contributed by atoms with E-state index in [2.05, 4.69) is 63.2 Å². The molecule has 0 amide bonds. The maximum absolute atomic E-state index is 5.98. The summed E-state index contributed by atoms with van der Waals surface area (Å²) in [6, 6.07) is 12.8. The lowest BCUT2D eigenvalue weighted by atomic mass is 10.1. The van der Waals surface area contributed by atoms with Crippen molar-refractivity contribution in [1.82, 2.24) is 14.9 Å². The van der Waals surface area contributed by atoms with Crippen molar-refractivity contribution in [3.8, 4) is 0 Å². The van der Waals surface area contributed by atoms with Gasteiger partial charge in [-0.05, 0) is 24.9 Å². The normalized spacial score (nSPS) is 24.7. The van der Waals surface area contributed by atoms with Crippen LogP contribution < -0.4 is 10.6 Å². The van der Waals surface area contributed by atoms with Gasteiger partial charge in [0.05, 0.1) is 5.69 Å². The molecular formula is C18H23N5. The second-order valence-corrected chi connectivity index (χ2v) is 6.66. The highest BCUT2D eigenvalue weighted by Gasteiger charge is 2.41. The summed E-state index contributed by atoms with van der Waals surface area (Å²) in [6.45, 7) is 4.13. The van der Waals surface area contributed by atoms with Crippen LogP contribution in [0.4, 0.5) is 11.8 Å². The van der Waals surface area contributed by atoms with Gasteiger partial charge in [-0.1, -0.05) is 30.3 Å². The summed E-state index contributed by atoms with van der Waals surface area (Å²) in [6.07, 6.45) is 1.16. The average molecular weight is 309 g/mol.